The Morgan fingerprint density at radius 2 is 1.87 bits per heavy atom. The van der Waals surface area contributed by atoms with Crippen molar-refractivity contribution in [2.45, 2.75) is 13.3 Å². The van der Waals surface area contributed by atoms with Gasteiger partial charge in [-0.25, -0.2) is 0 Å². The maximum absolute atomic E-state index is 12.6. The molecule has 5 heteroatoms. The van der Waals surface area contributed by atoms with Crippen LogP contribution in [-0.4, -0.2) is 20.1 Å². The lowest BCUT2D eigenvalue weighted by Gasteiger charge is -2.14. The van der Waals surface area contributed by atoms with Crippen molar-refractivity contribution in [3.63, 3.8) is 0 Å². The standard InChI is InChI=1S/C18H18N2O3/c1-4-13-9-16(22-2)17(23-3)10-15(13)18(21)20-14-7-5-6-12(8-14)11-19/h5-10H,4H2,1-3H3,(H,20,21). The van der Waals surface area contributed by atoms with Crippen LogP contribution in [0.3, 0.4) is 0 Å². The average molecular weight is 310 g/mol. The third-order valence-corrected chi connectivity index (χ3v) is 3.48. The molecule has 23 heavy (non-hydrogen) atoms. The van der Waals surface area contributed by atoms with Crippen molar-refractivity contribution < 1.29 is 14.3 Å². The Balaban J connectivity index is 2.36. The van der Waals surface area contributed by atoms with E-state index in [-0.39, 0.29) is 5.91 Å². The summed E-state index contributed by atoms with van der Waals surface area (Å²) in [7, 11) is 3.09. The Morgan fingerprint density at radius 1 is 1.17 bits per heavy atom. The molecule has 0 aliphatic carbocycles. The van der Waals surface area contributed by atoms with Crippen molar-refractivity contribution in [3.8, 4) is 17.6 Å². The van der Waals surface area contributed by atoms with Crippen LogP contribution in [0.1, 0.15) is 28.4 Å². The van der Waals surface area contributed by atoms with Gasteiger partial charge >= 0.3 is 0 Å². The molecule has 0 saturated heterocycles. The first-order chi connectivity index (χ1) is 11.1. The second-order valence-electron chi connectivity index (χ2n) is 4.86. The van der Waals surface area contributed by atoms with E-state index in [0.717, 1.165) is 5.56 Å². The monoisotopic (exact) mass is 310 g/mol. The zero-order chi connectivity index (χ0) is 16.8. The number of benzene rings is 2. The minimum atomic E-state index is -0.252. The molecule has 0 unspecified atom stereocenters. The van der Waals surface area contributed by atoms with Crippen LogP contribution in [0.25, 0.3) is 0 Å². The van der Waals surface area contributed by atoms with E-state index >= 15 is 0 Å². The van der Waals surface area contributed by atoms with Gasteiger partial charge in [0, 0.05) is 11.3 Å². The van der Waals surface area contributed by atoms with Crippen LogP contribution in [0.2, 0.25) is 0 Å². The maximum Gasteiger partial charge on any atom is 0.256 e. The molecule has 0 fully saturated rings. The third kappa shape index (κ3) is 3.61. The Kier molecular flexibility index (Phi) is 5.21. The van der Waals surface area contributed by atoms with Crippen molar-refractivity contribution in [2.24, 2.45) is 0 Å². The molecule has 0 radical (unpaired) electrons. The fourth-order valence-corrected chi connectivity index (χ4v) is 2.29. The number of methoxy groups -OCH3 is 2. The van der Waals surface area contributed by atoms with Gasteiger partial charge in [0.25, 0.3) is 5.91 Å². The topological polar surface area (TPSA) is 71.3 Å². The highest BCUT2D eigenvalue weighted by atomic mass is 16.5. The predicted octanol–water partition coefficient (Wildman–Crippen LogP) is 3.39. The second kappa shape index (κ2) is 7.32. The first kappa shape index (κ1) is 16.4. The van der Waals surface area contributed by atoms with E-state index in [1.807, 2.05) is 13.0 Å². The van der Waals surface area contributed by atoms with E-state index in [2.05, 4.69) is 5.32 Å². The highest BCUT2D eigenvalue weighted by molar-refractivity contribution is 6.05. The number of amides is 1. The summed E-state index contributed by atoms with van der Waals surface area (Å²) in [6.07, 6.45) is 0.682. The van der Waals surface area contributed by atoms with Crippen LogP contribution in [0.4, 0.5) is 5.69 Å². The Morgan fingerprint density at radius 3 is 2.48 bits per heavy atom. The van der Waals surface area contributed by atoms with E-state index in [4.69, 9.17) is 14.7 Å². The van der Waals surface area contributed by atoms with E-state index in [1.54, 1.807) is 43.5 Å². The molecule has 0 bridgehead atoms. The number of carbonyl (C=O) groups is 1. The first-order valence-electron chi connectivity index (χ1n) is 7.19. The summed E-state index contributed by atoms with van der Waals surface area (Å²) >= 11 is 0. The number of nitrogens with zero attached hydrogens (tertiary/aromatic N) is 1. The largest absolute Gasteiger partial charge is 0.493 e. The number of rotatable bonds is 5. The molecule has 1 N–H and O–H groups in total. The van der Waals surface area contributed by atoms with Crippen LogP contribution in [-0.2, 0) is 6.42 Å². The molecular weight excluding hydrogens is 292 g/mol. The molecule has 2 aromatic rings. The number of nitrogens with one attached hydrogen (secondary N) is 1. The van der Waals surface area contributed by atoms with E-state index in [0.29, 0.717) is 34.7 Å². The van der Waals surface area contributed by atoms with Gasteiger partial charge in [-0.3, -0.25) is 4.79 Å². The lowest BCUT2D eigenvalue weighted by molar-refractivity contribution is 0.102. The maximum atomic E-state index is 12.6. The third-order valence-electron chi connectivity index (χ3n) is 3.48. The predicted molar refractivity (Wildman–Crippen MR) is 88.0 cm³/mol. The minimum Gasteiger partial charge on any atom is -0.493 e. The van der Waals surface area contributed by atoms with Gasteiger partial charge in [0.1, 0.15) is 0 Å². The summed E-state index contributed by atoms with van der Waals surface area (Å²) in [4.78, 5) is 12.6. The summed E-state index contributed by atoms with van der Waals surface area (Å²) in [5, 5.41) is 11.7. The molecule has 0 atom stereocenters. The van der Waals surface area contributed by atoms with Crippen LogP contribution in [0, 0.1) is 11.3 Å². The Labute approximate surface area is 135 Å². The average Bonchev–Trinajstić information content (AvgIpc) is 2.60. The van der Waals surface area contributed by atoms with Crippen molar-refractivity contribution in [3.05, 3.63) is 53.1 Å². The van der Waals surface area contributed by atoms with Gasteiger partial charge in [-0.05, 0) is 42.3 Å². The molecule has 1 amide bonds. The van der Waals surface area contributed by atoms with Gasteiger partial charge < -0.3 is 14.8 Å². The number of nitriles is 1. The van der Waals surface area contributed by atoms with E-state index in [1.165, 1.54) is 7.11 Å². The number of anilines is 1. The minimum absolute atomic E-state index is 0.252. The normalized spacial score (nSPS) is 9.83. The molecule has 118 valence electrons. The van der Waals surface area contributed by atoms with Gasteiger partial charge in [-0.1, -0.05) is 13.0 Å². The molecule has 5 nitrogen and oxygen atoms in total. The van der Waals surface area contributed by atoms with Crippen molar-refractivity contribution in [1.82, 2.24) is 0 Å². The molecular formula is C18H18N2O3. The molecule has 0 spiro atoms. The molecule has 0 saturated carbocycles. The van der Waals surface area contributed by atoms with Crippen LogP contribution in [0.15, 0.2) is 36.4 Å². The lowest BCUT2D eigenvalue weighted by Crippen LogP contribution is -2.14. The summed E-state index contributed by atoms with van der Waals surface area (Å²) in [6, 6.07) is 12.3. The number of hydrogen-bond donors (Lipinski definition) is 1. The quantitative estimate of drug-likeness (QED) is 0.919. The highest BCUT2D eigenvalue weighted by Gasteiger charge is 2.16. The molecule has 0 heterocycles. The molecule has 2 aromatic carbocycles. The summed E-state index contributed by atoms with van der Waals surface area (Å²) < 4.78 is 10.5. The summed E-state index contributed by atoms with van der Waals surface area (Å²) in [5.74, 6) is 0.839. The molecule has 0 aliphatic heterocycles. The van der Waals surface area contributed by atoms with Gasteiger partial charge in [-0.15, -0.1) is 0 Å². The second-order valence-corrected chi connectivity index (χ2v) is 4.86. The molecule has 0 aromatic heterocycles. The number of hydrogen-bond acceptors (Lipinski definition) is 4. The summed E-state index contributed by atoms with van der Waals surface area (Å²) in [5.41, 5.74) is 2.45. The molecule has 0 aliphatic rings. The van der Waals surface area contributed by atoms with Crippen molar-refractivity contribution in [2.75, 3.05) is 19.5 Å². The fraction of sp³-hybridized carbons (Fsp3) is 0.222. The van der Waals surface area contributed by atoms with Crippen LogP contribution >= 0.6 is 0 Å². The number of aryl methyl sites for hydroxylation is 1. The SMILES string of the molecule is CCc1cc(OC)c(OC)cc1C(=O)Nc1cccc(C#N)c1. The number of ether oxygens (including phenoxy) is 2. The Bertz CT molecular complexity index is 763. The van der Waals surface area contributed by atoms with Crippen molar-refractivity contribution >= 4 is 11.6 Å². The van der Waals surface area contributed by atoms with Gasteiger partial charge in [-0.2, -0.15) is 5.26 Å². The smallest absolute Gasteiger partial charge is 0.256 e. The van der Waals surface area contributed by atoms with Gasteiger partial charge in [0.05, 0.1) is 25.9 Å². The van der Waals surface area contributed by atoms with Crippen LogP contribution < -0.4 is 14.8 Å². The van der Waals surface area contributed by atoms with Crippen LogP contribution in [0.5, 0.6) is 11.5 Å². The van der Waals surface area contributed by atoms with E-state index in [9.17, 15) is 4.79 Å². The Hall–Kier alpha value is -3.00. The number of carbonyl (C=O) groups excluding carboxylic acids is 1. The molecule has 2 rings (SSSR count). The van der Waals surface area contributed by atoms with Crippen molar-refractivity contribution in [1.29, 1.82) is 5.26 Å². The van der Waals surface area contributed by atoms with E-state index < -0.39 is 0 Å². The van der Waals surface area contributed by atoms with Gasteiger partial charge in [0.15, 0.2) is 11.5 Å². The summed E-state index contributed by atoms with van der Waals surface area (Å²) in [6.45, 7) is 1.97. The van der Waals surface area contributed by atoms with Gasteiger partial charge in [0.2, 0.25) is 0 Å². The zero-order valence-corrected chi connectivity index (χ0v) is 13.3. The highest BCUT2D eigenvalue weighted by Crippen LogP contribution is 2.31. The lowest BCUT2D eigenvalue weighted by atomic mass is 10.0. The zero-order valence-electron chi connectivity index (χ0n) is 13.3. The fourth-order valence-electron chi connectivity index (χ4n) is 2.29. The first-order valence-corrected chi connectivity index (χ1v) is 7.19.